The van der Waals surface area contributed by atoms with Gasteiger partial charge in [-0.15, -0.1) is 0 Å². The molecule has 2 aromatic rings. The van der Waals surface area contributed by atoms with Gasteiger partial charge in [0.25, 0.3) is 5.91 Å². The van der Waals surface area contributed by atoms with Gasteiger partial charge >= 0.3 is 0 Å². The molecule has 0 spiro atoms. The number of ether oxygens (including phenoxy) is 1. The number of benzene rings is 2. The van der Waals surface area contributed by atoms with Crippen LogP contribution in [-0.2, 0) is 11.3 Å². The molecule has 0 fully saturated rings. The Morgan fingerprint density at radius 1 is 1.19 bits per heavy atom. The number of para-hydroxylation sites is 1. The minimum atomic E-state index is -0.569. The number of hydrogen-bond acceptors (Lipinski definition) is 3. The van der Waals surface area contributed by atoms with Gasteiger partial charge < -0.3 is 15.8 Å². The van der Waals surface area contributed by atoms with Crippen LogP contribution >= 0.6 is 0 Å². The zero-order chi connectivity index (χ0) is 15.2. The van der Waals surface area contributed by atoms with Crippen LogP contribution in [0.5, 0.6) is 5.75 Å². The summed E-state index contributed by atoms with van der Waals surface area (Å²) in [7, 11) is 0. The smallest absolute Gasteiger partial charge is 0.265 e. The van der Waals surface area contributed by atoms with Crippen LogP contribution in [0.25, 0.3) is 0 Å². The molecule has 0 aromatic heterocycles. The molecule has 110 valence electrons. The first kappa shape index (κ1) is 15.1. The van der Waals surface area contributed by atoms with E-state index in [1.54, 1.807) is 6.92 Å². The summed E-state index contributed by atoms with van der Waals surface area (Å²) in [6.07, 6.45) is -0.569. The van der Waals surface area contributed by atoms with E-state index in [-0.39, 0.29) is 5.91 Å². The highest BCUT2D eigenvalue weighted by atomic mass is 16.5. The molecule has 1 unspecified atom stereocenters. The second-order valence-corrected chi connectivity index (χ2v) is 4.92. The number of carbonyl (C=O) groups is 1. The second kappa shape index (κ2) is 6.90. The summed E-state index contributed by atoms with van der Waals surface area (Å²) in [5, 5.41) is 2.83. The highest BCUT2D eigenvalue weighted by molar-refractivity contribution is 5.94. The Balaban J connectivity index is 1.97. The second-order valence-electron chi connectivity index (χ2n) is 4.92. The molecule has 0 bridgehead atoms. The fraction of sp³-hybridized carbons (Fsp3) is 0.235. The van der Waals surface area contributed by atoms with E-state index in [1.165, 1.54) is 0 Å². The van der Waals surface area contributed by atoms with E-state index in [2.05, 4.69) is 5.32 Å². The summed E-state index contributed by atoms with van der Waals surface area (Å²) >= 11 is 0. The van der Waals surface area contributed by atoms with Gasteiger partial charge in [0, 0.05) is 12.2 Å². The highest BCUT2D eigenvalue weighted by Crippen LogP contribution is 2.18. The number of amides is 1. The third-order valence-corrected chi connectivity index (χ3v) is 3.22. The van der Waals surface area contributed by atoms with Gasteiger partial charge in [0.05, 0.1) is 0 Å². The van der Waals surface area contributed by atoms with Gasteiger partial charge in [-0.25, -0.2) is 0 Å². The third kappa shape index (κ3) is 4.07. The molecule has 0 radical (unpaired) electrons. The van der Waals surface area contributed by atoms with Crippen molar-refractivity contribution in [1.29, 1.82) is 0 Å². The number of hydrogen-bond donors (Lipinski definition) is 2. The fourth-order valence-corrected chi connectivity index (χ4v) is 1.90. The van der Waals surface area contributed by atoms with Crippen LogP contribution in [0, 0.1) is 6.92 Å². The zero-order valence-electron chi connectivity index (χ0n) is 12.3. The molecule has 2 aromatic carbocycles. The summed E-state index contributed by atoms with van der Waals surface area (Å²) < 4.78 is 5.69. The Morgan fingerprint density at radius 2 is 1.86 bits per heavy atom. The minimum absolute atomic E-state index is 0.182. The Labute approximate surface area is 124 Å². The molecule has 0 aliphatic rings. The van der Waals surface area contributed by atoms with E-state index in [0.717, 1.165) is 22.6 Å². The first-order valence-corrected chi connectivity index (χ1v) is 6.92. The fourth-order valence-electron chi connectivity index (χ4n) is 1.90. The minimum Gasteiger partial charge on any atom is -0.481 e. The number of nitrogens with two attached hydrogens (primary N) is 1. The van der Waals surface area contributed by atoms with Crippen LogP contribution in [-0.4, -0.2) is 12.0 Å². The maximum Gasteiger partial charge on any atom is 0.265 e. The predicted molar refractivity (Wildman–Crippen MR) is 84.2 cm³/mol. The molecular weight excluding hydrogens is 264 g/mol. The van der Waals surface area contributed by atoms with Gasteiger partial charge in [0.15, 0.2) is 6.10 Å². The molecule has 1 atom stereocenters. The molecule has 0 aliphatic carbocycles. The van der Waals surface area contributed by atoms with E-state index >= 15 is 0 Å². The zero-order valence-corrected chi connectivity index (χ0v) is 12.3. The van der Waals surface area contributed by atoms with Crippen LogP contribution in [0.3, 0.4) is 0 Å². The lowest BCUT2D eigenvalue weighted by atomic mass is 10.2. The van der Waals surface area contributed by atoms with Crippen molar-refractivity contribution in [3.63, 3.8) is 0 Å². The number of carbonyl (C=O) groups excluding carboxylic acids is 1. The molecule has 0 aliphatic heterocycles. The largest absolute Gasteiger partial charge is 0.481 e. The first-order chi connectivity index (χ1) is 10.1. The molecule has 0 heterocycles. The Bertz CT molecular complexity index is 608. The van der Waals surface area contributed by atoms with Gasteiger partial charge in [-0.05, 0) is 43.2 Å². The van der Waals surface area contributed by atoms with Crippen LogP contribution in [0.4, 0.5) is 5.69 Å². The molecular formula is C17H20N2O2. The summed E-state index contributed by atoms with van der Waals surface area (Å²) in [4.78, 5) is 12.1. The topological polar surface area (TPSA) is 64.3 Å². The van der Waals surface area contributed by atoms with E-state index in [9.17, 15) is 4.79 Å². The van der Waals surface area contributed by atoms with Crippen molar-refractivity contribution in [2.45, 2.75) is 26.5 Å². The van der Waals surface area contributed by atoms with Crippen molar-refractivity contribution in [2.75, 3.05) is 5.32 Å². The molecule has 21 heavy (non-hydrogen) atoms. The van der Waals surface area contributed by atoms with E-state index in [1.807, 2.05) is 55.5 Å². The van der Waals surface area contributed by atoms with E-state index < -0.39 is 6.10 Å². The average molecular weight is 284 g/mol. The first-order valence-electron chi connectivity index (χ1n) is 6.92. The summed E-state index contributed by atoms with van der Waals surface area (Å²) in [6, 6.07) is 15.1. The lowest BCUT2D eigenvalue weighted by Gasteiger charge is -2.16. The average Bonchev–Trinajstić information content (AvgIpc) is 2.50. The normalized spacial score (nSPS) is 11.8. The molecule has 2 rings (SSSR count). The van der Waals surface area contributed by atoms with Gasteiger partial charge in [-0.1, -0.05) is 30.3 Å². The van der Waals surface area contributed by atoms with Crippen LogP contribution in [0.1, 0.15) is 18.1 Å². The maximum atomic E-state index is 12.1. The molecule has 4 nitrogen and oxygen atoms in total. The van der Waals surface area contributed by atoms with Crippen molar-refractivity contribution in [3.05, 3.63) is 59.7 Å². The van der Waals surface area contributed by atoms with Crippen LogP contribution in [0.2, 0.25) is 0 Å². The van der Waals surface area contributed by atoms with Gasteiger partial charge in [0.2, 0.25) is 0 Å². The number of nitrogens with one attached hydrogen (secondary N) is 1. The van der Waals surface area contributed by atoms with Crippen molar-refractivity contribution >= 4 is 11.6 Å². The Kier molecular flexibility index (Phi) is 4.95. The lowest BCUT2D eigenvalue weighted by Crippen LogP contribution is -2.30. The standard InChI is InChI=1S/C17H20N2O2/c1-12-5-3-4-6-16(12)21-13(2)17(20)19-15-9-7-14(11-18)8-10-15/h3-10,13H,11,18H2,1-2H3,(H,19,20). The van der Waals surface area contributed by atoms with Crippen molar-refractivity contribution < 1.29 is 9.53 Å². The predicted octanol–water partition coefficient (Wildman–Crippen LogP) is 2.86. The monoisotopic (exact) mass is 284 g/mol. The molecule has 4 heteroatoms. The SMILES string of the molecule is Cc1ccccc1OC(C)C(=O)Nc1ccc(CN)cc1. The quantitative estimate of drug-likeness (QED) is 0.887. The maximum absolute atomic E-state index is 12.1. The van der Waals surface area contributed by atoms with E-state index in [4.69, 9.17) is 10.5 Å². The summed E-state index contributed by atoms with van der Waals surface area (Å²) in [5.74, 6) is 0.539. The summed E-state index contributed by atoms with van der Waals surface area (Å²) in [6.45, 7) is 4.17. The van der Waals surface area contributed by atoms with E-state index in [0.29, 0.717) is 6.54 Å². The summed E-state index contributed by atoms with van der Waals surface area (Å²) in [5.41, 5.74) is 8.31. The molecule has 0 saturated carbocycles. The van der Waals surface area contributed by atoms with Crippen molar-refractivity contribution in [1.82, 2.24) is 0 Å². The number of aryl methyl sites for hydroxylation is 1. The third-order valence-electron chi connectivity index (χ3n) is 3.22. The van der Waals surface area contributed by atoms with Gasteiger partial charge in [0.1, 0.15) is 5.75 Å². The van der Waals surface area contributed by atoms with Crippen molar-refractivity contribution in [2.24, 2.45) is 5.73 Å². The molecule has 0 saturated heterocycles. The lowest BCUT2D eigenvalue weighted by molar-refractivity contribution is -0.122. The number of rotatable bonds is 5. The highest BCUT2D eigenvalue weighted by Gasteiger charge is 2.15. The number of anilines is 1. The Morgan fingerprint density at radius 3 is 2.48 bits per heavy atom. The molecule has 3 N–H and O–H groups in total. The Hall–Kier alpha value is -2.33. The molecule has 1 amide bonds. The van der Waals surface area contributed by atoms with Crippen LogP contribution < -0.4 is 15.8 Å². The van der Waals surface area contributed by atoms with Crippen LogP contribution in [0.15, 0.2) is 48.5 Å². The van der Waals surface area contributed by atoms with Crippen molar-refractivity contribution in [3.8, 4) is 5.75 Å². The van der Waals surface area contributed by atoms with Gasteiger partial charge in [-0.3, -0.25) is 4.79 Å². The van der Waals surface area contributed by atoms with Gasteiger partial charge in [-0.2, -0.15) is 0 Å².